The van der Waals surface area contributed by atoms with Gasteiger partial charge in [0.25, 0.3) is 0 Å². The Morgan fingerprint density at radius 2 is 2.55 bits per heavy atom. The summed E-state index contributed by atoms with van der Waals surface area (Å²) >= 11 is 4.85. The molecule has 1 aromatic rings. The fourth-order valence-electron chi connectivity index (χ4n) is 0.746. The molecule has 0 unspecified atom stereocenters. The molecule has 3 N–H and O–H groups in total. The van der Waals surface area contributed by atoms with Crippen molar-refractivity contribution >= 4 is 12.2 Å². The summed E-state index contributed by atoms with van der Waals surface area (Å²) in [7, 11) is 0. The third-order valence-electron chi connectivity index (χ3n) is 1.26. The van der Waals surface area contributed by atoms with Crippen LogP contribution in [0.4, 0.5) is 0 Å². The van der Waals surface area contributed by atoms with Crippen LogP contribution in [-0.4, -0.2) is 16.3 Å². The molecule has 1 rings (SSSR count). The minimum Gasteiger partial charge on any atom is -0.375 e. The van der Waals surface area contributed by atoms with Gasteiger partial charge in [0.05, 0.1) is 18.5 Å². The Morgan fingerprint density at radius 3 is 3.00 bits per heavy atom. The van der Waals surface area contributed by atoms with Gasteiger partial charge in [-0.2, -0.15) is 0 Å². The third-order valence-corrected chi connectivity index (χ3v) is 1.57. The molecule has 11 heavy (non-hydrogen) atoms. The van der Waals surface area contributed by atoms with Crippen molar-refractivity contribution in [3.05, 3.63) is 16.7 Å². The normalized spacial score (nSPS) is 10.3. The van der Waals surface area contributed by atoms with Crippen LogP contribution < -0.4 is 5.84 Å². The summed E-state index contributed by atoms with van der Waals surface area (Å²) in [5, 5.41) is 0. The van der Waals surface area contributed by atoms with Gasteiger partial charge in [-0.3, -0.25) is 0 Å². The first-order valence-electron chi connectivity index (χ1n) is 3.37. The Balaban J connectivity index is 2.65. The van der Waals surface area contributed by atoms with Gasteiger partial charge in [-0.25, -0.2) is 4.68 Å². The molecule has 5 heteroatoms. The lowest BCUT2D eigenvalue weighted by molar-refractivity contribution is 0.131. The van der Waals surface area contributed by atoms with Crippen LogP contribution in [0.25, 0.3) is 0 Å². The highest BCUT2D eigenvalue weighted by molar-refractivity contribution is 7.71. The van der Waals surface area contributed by atoms with Crippen molar-refractivity contribution in [3.8, 4) is 0 Å². The van der Waals surface area contributed by atoms with E-state index in [0.29, 0.717) is 18.0 Å². The number of aromatic nitrogens is 2. The average Bonchev–Trinajstić information content (AvgIpc) is 2.28. The maximum atomic E-state index is 5.44. The highest BCUT2D eigenvalue weighted by atomic mass is 32.1. The first kappa shape index (κ1) is 8.29. The zero-order chi connectivity index (χ0) is 8.27. The summed E-state index contributed by atoms with van der Waals surface area (Å²) in [5.74, 6) is 5.44. The van der Waals surface area contributed by atoms with Gasteiger partial charge in [0.1, 0.15) is 0 Å². The molecule has 0 aromatic carbocycles. The quantitative estimate of drug-likeness (QED) is 0.525. The van der Waals surface area contributed by atoms with E-state index >= 15 is 0 Å². The van der Waals surface area contributed by atoms with Gasteiger partial charge in [-0.1, -0.05) is 0 Å². The number of ether oxygens (including phenoxy) is 1. The summed E-state index contributed by atoms with van der Waals surface area (Å²) < 4.78 is 7.02. The van der Waals surface area contributed by atoms with Crippen LogP contribution in [-0.2, 0) is 11.3 Å². The predicted octanol–water partition coefficient (Wildman–Crippen LogP) is 0.796. The van der Waals surface area contributed by atoms with Gasteiger partial charge in [0, 0.05) is 6.61 Å². The van der Waals surface area contributed by atoms with Crippen molar-refractivity contribution in [1.82, 2.24) is 9.66 Å². The number of nitrogens with two attached hydrogens (primary N) is 1. The average molecular weight is 173 g/mol. The first-order valence-corrected chi connectivity index (χ1v) is 3.78. The Labute approximate surface area is 69.9 Å². The zero-order valence-corrected chi connectivity index (χ0v) is 7.15. The molecule has 4 nitrogen and oxygen atoms in total. The van der Waals surface area contributed by atoms with Crippen LogP contribution in [0, 0.1) is 4.77 Å². The fourth-order valence-corrected chi connectivity index (χ4v) is 0.930. The molecule has 0 spiro atoms. The van der Waals surface area contributed by atoms with E-state index in [1.165, 1.54) is 4.68 Å². The third kappa shape index (κ3) is 2.06. The largest absolute Gasteiger partial charge is 0.375 e. The molecule has 62 valence electrons. The van der Waals surface area contributed by atoms with Gasteiger partial charge >= 0.3 is 0 Å². The summed E-state index contributed by atoms with van der Waals surface area (Å²) in [6.45, 7) is 3.16. The number of nitrogens with one attached hydrogen (secondary N) is 1. The van der Waals surface area contributed by atoms with Gasteiger partial charge in [-0.05, 0) is 19.1 Å². The molecule has 0 atom stereocenters. The van der Waals surface area contributed by atoms with Gasteiger partial charge in [0.15, 0.2) is 4.77 Å². The van der Waals surface area contributed by atoms with Gasteiger partial charge in [-0.15, -0.1) is 0 Å². The zero-order valence-electron chi connectivity index (χ0n) is 6.33. The molecule has 0 saturated carbocycles. The van der Waals surface area contributed by atoms with Gasteiger partial charge < -0.3 is 15.6 Å². The van der Waals surface area contributed by atoms with Crippen LogP contribution in [0.2, 0.25) is 0 Å². The van der Waals surface area contributed by atoms with Crippen LogP contribution in [0.15, 0.2) is 6.20 Å². The minimum absolute atomic E-state index is 0.514. The van der Waals surface area contributed by atoms with E-state index in [9.17, 15) is 0 Å². The van der Waals surface area contributed by atoms with E-state index in [0.717, 1.165) is 5.69 Å². The molecule has 1 heterocycles. The van der Waals surface area contributed by atoms with Crippen LogP contribution >= 0.6 is 12.2 Å². The maximum Gasteiger partial charge on any atom is 0.196 e. The van der Waals surface area contributed by atoms with E-state index in [4.69, 9.17) is 22.8 Å². The number of rotatable bonds is 3. The van der Waals surface area contributed by atoms with E-state index < -0.39 is 0 Å². The van der Waals surface area contributed by atoms with Crippen molar-refractivity contribution in [2.45, 2.75) is 13.5 Å². The van der Waals surface area contributed by atoms with Gasteiger partial charge in [0.2, 0.25) is 0 Å². The van der Waals surface area contributed by atoms with Crippen molar-refractivity contribution in [2.24, 2.45) is 0 Å². The molecule has 0 aliphatic carbocycles. The van der Waals surface area contributed by atoms with Crippen molar-refractivity contribution in [3.63, 3.8) is 0 Å². The first-order chi connectivity index (χ1) is 5.24. The number of aromatic amines is 1. The molecule has 0 aliphatic heterocycles. The van der Waals surface area contributed by atoms with Crippen LogP contribution in [0.1, 0.15) is 12.6 Å². The SMILES string of the molecule is CCOCc1cn(N)c(=S)[nH]1. The maximum absolute atomic E-state index is 5.44. The fraction of sp³-hybridized carbons (Fsp3) is 0.500. The smallest absolute Gasteiger partial charge is 0.196 e. The number of hydrogen-bond donors (Lipinski definition) is 2. The molecular formula is C6H11N3OS. The summed E-state index contributed by atoms with van der Waals surface area (Å²) in [6.07, 6.45) is 1.72. The van der Waals surface area contributed by atoms with Crippen LogP contribution in [0.5, 0.6) is 0 Å². The molecule has 0 bridgehead atoms. The van der Waals surface area contributed by atoms with E-state index in [2.05, 4.69) is 4.98 Å². The Bertz CT molecular complexity index is 278. The summed E-state index contributed by atoms with van der Waals surface area (Å²) in [6, 6.07) is 0. The monoisotopic (exact) mass is 173 g/mol. The summed E-state index contributed by atoms with van der Waals surface area (Å²) in [5.41, 5.74) is 0.902. The van der Waals surface area contributed by atoms with Crippen molar-refractivity contribution in [1.29, 1.82) is 0 Å². The second-order valence-corrected chi connectivity index (χ2v) is 2.52. The molecule has 0 radical (unpaired) electrons. The molecular weight excluding hydrogens is 162 g/mol. The summed E-state index contributed by atoms with van der Waals surface area (Å²) in [4.78, 5) is 2.91. The second-order valence-electron chi connectivity index (χ2n) is 2.13. The molecule has 0 saturated heterocycles. The minimum atomic E-state index is 0.514. The Hall–Kier alpha value is -0.810. The number of H-pyrrole nitrogens is 1. The Kier molecular flexibility index (Phi) is 2.67. The molecule has 1 aromatic heterocycles. The second kappa shape index (κ2) is 3.54. The lowest BCUT2D eigenvalue weighted by atomic mass is 10.5. The number of imidazole rings is 1. The lowest BCUT2D eigenvalue weighted by Gasteiger charge is -1.94. The van der Waals surface area contributed by atoms with E-state index in [1.54, 1.807) is 6.20 Å². The highest BCUT2D eigenvalue weighted by Crippen LogP contribution is 1.96. The molecule has 0 amide bonds. The topological polar surface area (TPSA) is 56.0 Å². The molecule has 0 fully saturated rings. The van der Waals surface area contributed by atoms with Crippen LogP contribution in [0.3, 0.4) is 0 Å². The number of nitrogens with zero attached hydrogens (tertiary/aromatic N) is 1. The van der Waals surface area contributed by atoms with Crippen molar-refractivity contribution < 1.29 is 4.74 Å². The predicted molar refractivity (Wildman–Crippen MR) is 45.1 cm³/mol. The Morgan fingerprint density at radius 1 is 1.82 bits per heavy atom. The lowest BCUT2D eigenvalue weighted by Crippen LogP contribution is -2.05. The highest BCUT2D eigenvalue weighted by Gasteiger charge is 1.95. The standard InChI is InChI=1S/C6H11N3OS/c1-2-10-4-5-3-9(7)6(11)8-5/h3H,2,4,7H2,1H3,(H,8,11). The van der Waals surface area contributed by atoms with Crippen molar-refractivity contribution in [2.75, 3.05) is 12.4 Å². The number of hydrogen-bond acceptors (Lipinski definition) is 3. The van der Waals surface area contributed by atoms with E-state index in [1.807, 2.05) is 6.92 Å². The molecule has 0 aliphatic rings. The number of nitrogen functional groups attached to an aromatic ring is 1. The van der Waals surface area contributed by atoms with E-state index in [-0.39, 0.29) is 0 Å².